The van der Waals surface area contributed by atoms with Crippen LogP contribution in [0, 0.1) is 11.3 Å². The van der Waals surface area contributed by atoms with Gasteiger partial charge >= 0.3 is 0 Å². The van der Waals surface area contributed by atoms with E-state index in [2.05, 4.69) is 11.4 Å². The zero-order valence-electron chi connectivity index (χ0n) is 17.3. The predicted octanol–water partition coefficient (Wildman–Crippen LogP) is 2.35. The van der Waals surface area contributed by atoms with Crippen LogP contribution in [0.1, 0.15) is 17.5 Å². The first-order valence-corrected chi connectivity index (χ1v) is 11.4. The number of aryl methyl sites for hydroxylation is 1. The van der Waals surface area contributed by atoms with Crippen LogP contribution in [0.25, 0.3) is 0 Å². The van der Waals surface area contributed by atoms with Gasteiger partial charge in [-0.05, 0) is 47.9 Å². The molecule has 1 aliphatic rings. The van der Waals surface area contributed by atoms with E-state index in [9.17, 15) is 13.2 Å². The fourth-order valence-corrected chi connectivity index (χ4v) is 4.77. The zero-order chi connectivity index (χ0) is 22.3. The summed E-state index contributed by atoms with van der Waals surface area (Å²) in [5, 5.41) is 11.5. The summed E-state index contributed by atoms with van der Waals surface area (Å²) in [5.41, 5.74) is 2.17. The minimum atomic E-state index is -3.63. The van der Waals surface area contributed by atoms with Gasteiger partial charge in [0.25, 0.3) is 0 Å². The molecule has 1 heterocycles. The number of rotatable bonds is 8. The van der Waals surface area contributed by atoms with E-state index in [1.165, 1.54) is 17.5 Å². The number of anilines is 1. The van der Waals surface area contributed by atoms with Gasteiger partial charge < -0.3 is 14.8 Å². The maximum Gasteiger partial charge on any atom is 0.243 e. The second-order valence-electron chi connectivity index (χ2n) is 7.07. The summed E-state index contributed by atoms with van der Waals surface area (Å²) in [7, 11) is -2.12. The van der Waals surface area contributed by atoms with E-state index in [4.69, 9.17) is 14.7 Å². The molecule has 2 aromatic rings. The molecular formula is C22H25N3O5S. The Morgan fingerprint density at radius 1 is 1.19 bits per heavy atom. The molecule has 0 saturated carbocycles. The second kappa shape index (κ2) is 10.4. The highest BCUT2D eigenvalue weighted by atomic mass is 32.2. The molecule has 0 unspecified atom stereocenters. The highest BCUT2D eigenvalue weighted by Gasteiger charge is 2.27. The van der Waals surface area contributed by atoms with E-state index < -0.39 is 10.0 Å². The van der Waals surface area contributed by atoms with E-state index in [-0.39, 0.29) is 17.2 Å². The summed E-state index contributed by atoms with van der Waals surface area (Å²) in [5.74, 6) is 0.339. The first-order valence-electron chi connectivity index (χ1n) is 9.94. The third-order valence-corrected chi connectivity index (χ3v) is 6.90. The highest BCUT2D eigenvalue weighted by molar-refractivity contribution is 7.89. The lowest BCUT2D eigenvalue weighted by Crippen LogP contribution is -2.40. The van der Waals surface area contributed by atoms with Crippen molar-refractivity contribution in [3.05, 3.63) is 53.6 Å². The normalized spacial score (nSPS) is 14.6. The largest absolute Gasteiger partial charge is 0.496 e. The third kappa shape index (κ3) is 5.82. The molecule has 3 rings (SSSR count). The van der Waals surface area contributed by atoms with E-state index in [1.54, 1.807) is 36.4 Å². The topological polar surface area (TPSA) is 109 Å². The first kappa shape index (κ1) is 22.7. The summed E-state index contributed by atoms with van der Waals surface area (Å²) in [6.07, 6.45) is 0.809. The monoisotopic (exact) mass is 443 g/mol. The number of amides is 1. The van der Waals surface area contributed by atoms with Gasteiger partial charge in [0.1, 0.15) is 5.75 Å². The van der Waals surface area contributed by atoms with Crippen molar-refractivity contribution in [1.29, 1.82) is 5.26 Å². The Balaban J connectivity index is 1.68. The van der Waals surface area contributed by atoms with Gasteiger partial charge in [0.05, 0.1) is 37.7 Å². The van der Waals surface area contributed by atoms with Gasteiger partial charge in [-0.15, -0.1) is 0 Å². The van der Waals surface area contributed by atoms with Crippen LogP contribution in [-0.2, 0) is 32.4 Å². The molecule has 31 heavy (non-hydrogen) atoms. The zero-order valence-corrected chi connectivity index (χ0v) is 18.2. The number of hydrogen-bond acceptors (Lipinski definition) is 6. The molecular weight excluding hydrogens is 418 g/mol. The standard InChI is InChI=1S/C22H25N3O5S/c1-29-21-8-7-20(31(27,28)25-12-14-30-15-13-25)16-18(21)4-9-22(26)24-19-5-2-17(3-6-19)10-11-23/h2-3,5-8,16H,4,9-10,12-15H2,1H3,(H,24,26). The van der Waals surface area contributed by atoms with Gasteiger partial charge in [-0.1, -0.05) is 12.1 Å². The number of nitrogens with one attached hydrogen (secondary N) is 1. The fraction of sp³-hybridized carbons (Fsp3) is 0.364. The van der Waals surface area contributed by atoms with E-state index in [1.807, 2.05) is 0 Å². The Labute approximate surface area is 182 Å². The molecule has 8 nitrogen and oxygen atoms in total. The average Bonchev–Trinajstić information content (AvgIpc) is 2.79. The number of benzene rings is 2. The molecule has 1 fully saturated rings. The molecule has 1 N–H and O–H groups in total. The van der Waals surface area contributed by atoms with Crippen LogP contribution in [0.2, 0.25) is 0 Å². The van der Waals surface area contributed by atoms with Gasteiger partial charge in [-0.3, -0.25) is 4.79 Å². The fourth-order valence-electron chi connectivity index (χ4n) is 3.32. The SMILES string of the molecule is COc1ccc(S(=O)(=O)N2CCOCC2)cc1CCC(=O)Nc1ccc(CC#N)cc1. The van der Waals surface area contributed by atoms with Crippen LogP contribution in [0.3, 0.4) is 0 Å². The molecule has 0 aliphatic carbocycles. The molecule has 9 heteroatoms. The lowest BCUT2D eigenvalue weighted by molar-refractivity contribution is -0.116. The molecule has 0 atom stereocenters. The van der Waals surface area contributed by atoms with Crippen molar-refractivity contribution >= 4 is 21.6 Å². The van der Waals surface area contributed by atoms with Crippen molar-refractivity contribution in [2.24, 2.45) is 0 Å². The Morgan fingerprint density at radius 3 is 2.55 bits per heavy atom. The van der Waals surface area contributed by atoms with Crippen LogP contribution in [-0.4, -0.2) is 52.0 Å². The summed E-state index contributed by atoms with van der Waals surface area (Å²) in [6.45, 7) is 1.39. The summed E-state index contributed by atoms with van der Waals surface area (Å²) in [6, 6.07) is 13.9. The van der Waals surface area contributed by atoms with Crippen molar-refractivity contribution in [2.75, 3.05) is 38.7 Å². The molecule has 1 saturated heterocycles. The lowest BCUT2D eigenvalue weighted by Gasteiger charge is -2.26. The molecule has 164 valence electrons. The van der Waals surface area contributed by atoms with Crippen LogP contribution < -0.4 is 10.1 Å². The molecule has 0 bridgehead atoms. The highest BCUT2D eigenvalue weighted by Crippen LogP contribution is 2.26. The minimum Gasteiger partial charge on any atom is -0.496 e. The van der Waals surface area contributed by atoms with E-state index in [0.717, 1.165) is 5.56 Å². The van der Waals surface area contributed by atoms with Crippen LogP contribution in [0.4, 0.5) is 5.69 Å². The maximum atomic E-state index is 12.9. The van der Waals surface area contributed by atoms with E-state index in [0.29, 0.717) is 56.1 Å². The lowest BCUT2D eigenvalue weighted by atomic mass is 10.1. The summed E-state index contributed by atoms with van der Waals surface area (Å²) in [4.78, 5) is 12.6. The smallest absolute Gasteiger partial charge is 0.243 e. The van der Waals surface area contributed by atoms with Crippen molar-refractivity contribution in [1.82, 2.24) is 4.31 Å². The number of morpholine rings is 1. The Bertz CT molecular complexity index is 1060. The van der Waals surface area contributed by atoms with Gasteiger partial charge in [0.2, 0.25) is 15.9 Å². The van der Waals surface area contributed by atoms with Gasteiger partial charge in [-0.25, -0.2) is 8.42 Å². The summed E-state index contributed by atoms with van der Waals surface area (Å²) < 4.78 is 37.8. The van der Waals surface area contributed by atoms with Crippen molar-refractivity contribution in [3.63, 3.8) is 0 Å². The number of nitrogens with zero attached hydrogens (tertiary/aromatic N) is 2. The molecule has 2 aromatic carbocycles. The van der Waals surface area contributed by atoms with Crippen molar-refractivity contribution in [3.8, 4) is 11.8 Å². The molecule has 1 aliphatic heterocycles. The maximum absolute atomic E-state index is 12.9. The van der Waals surface area contributed by atoms with Crippen LogP contribution in [0.15, 0.2) is 47.4 Å². The number of ether oxygens (including phenoxy) is 2. The molecule has 0 aromatic heterocycles. The van der Waals surface area contributed by atoms with Crippen LogP contribution in [0.5, 0.6) is 5.75 Å². The average molecular weight is 444 g/mol. The Hall–Kier alpha value is -2.93. The summed E-state index contributed by atoms with van der Waals surface area (Å²) >= 11 is 0. The third-order valence-electron chi connectivity index (χ3n) is 5.00. The number of carbonyl (C=O) groups excluding carboxylic acids is 1. The van der Waals surface area contributed by atoms with Gasteiger partial charge in [-0.2, -0.15) is 9.57 Å². The minimum absolute atomic E-state index is 0.164. The van der Waals surface area contributed by atoms with Crippen LogP contribution >= 0.6 is 0 Å². The molecule has 0 spiro atoms. The van der Waals surface area contributed by atoms with Crippen molar-refractivity contribution in [2.45, 2.75) is 24.2 Å². The second-order valence-corrected chi connectivity index (χ2v) is 9.01. The number of methoxy groups -OCH3 is 1. The Morgan fingerprint density at radius 2 is 1.90 bits per heavy atom. The molecule has 1 amide bonds. The van der Waals surface area contributed by atoms with E-state index >= 15 is 0 Å². The predicted molar refractivity (Wildman–Crippen MR) is 115 cm³/mol. The Kier molecular flexibility index (Phi) is 7.63. The van der Waals surface area contributed by atoms with Crippen molar-refractivity contribution < 1.29 is 22.7 Å². The number of sulfonamides is 1. The number of nitriles is 1. The van der Waals surface area contributed by atoms with Gasteiger partial charge in [0.15, 0.2) is 0 Å². The number of hydrogen-bond donors (Lipinski definition) is 1. The number of carbonyl (C=O) groups is 1. The van der Waals surface area contributed by atoms with Gasteiger partial charge in [0, 0.05) is 25.2 Å². The quantitative estimate of drug-likeness (QED) is 0.671. The molecule has 0 radical (unpaired) electrons. The first-order chi connectivity index (χ1) is 14.9.